The van der Waals surface area contributed by atoms with Gasteiger partial charge in [0, 0.05) is 31.5 Å². The van der Waals surface area contributed by atoms with Crippen LogP contribution in [0.5, 0.6) is 0 Å². The second-order valence-corrected chi connectivity index (χ2v) is 12.9. The van der Waals surface area contributed by atoms with Gasteiger partial charge in [0.1, 0.15) is 16.9 Å². The van der Waals surface area contributed by atoms with Crippen LogP contribution in [-0.4, -0.2) is 52.1 Å². The van der Waals surface area contributed by atoms with Gasteiger partial charge < -0.3 is 10.6 Å². The number of thioether (sulfide) groups is 1. The summed E-state index contributed by atoms with van der Waals surface area (Å²) in [5.74, 6) is -0.964. The van der Waals surface area contributed by atoms with Crippen molar-refractivity contribution in [3.05, 3.63) is 63.8 Å². The molecule has 2 aliphatic rings. The molecule has 1 aliphatic heterocycles. The molecule has 196 valence electrons. The number of amides is 2. The van der Waals surface area contributed by atoms with Crippen LogP contribution < -0.4 is 10.6 Å². The van der Waals surface area contributed by atoms with E-state index in [0.29, 0.717) is 17.7 Å². The summed E-state index contributed by atoms with van der Waals surface area (Å²) in [5.41, 5.74) is 1.11. The molecule has 0 bridgehead atoms. The monoisotopic (exact) mass is 556 g/mol. The zero-order chi connectivity index (χ0) is 26.5. The highest BCUT2D eigenvalue weighted by Gasteiger charge is 2.38. The minimum absolute atomic E-state index is 0.0673. The van der Waals surface area contributed by atoms with Crippen LogP contribution in [0.25, 0.3) is 0 Å². The predicted octanol–water partition coefficient (Wildman–Crippen LogP) is 4.58. The molecule has 0 saturated carbocycles. The second-order valence-electron chi connectivity index (χ2n) is 9.17. The molecule has 0 spiro atoms. The Morgan fingerprint density at radius 3 is 2.78 bits per heavy atom. The average Bonchev–Trinajstić information content (AvgIpc) is 3.25. The first-order valence-corrected chi connectivity index (χ1v) is 14.5. The summed E-state index contributed by atoms with van der Waals surface area (Å²) in [4.78, 5) is 26.3. The van der Waals surface area contributed by atoms with E-state index in [1.807, 2.05) is 32.1 Å². The van der Waals surface area contributed by atoms with E-state index in [9.17, 15) is 22.7 Å². The molecule has 36 heavy (non-hydrogen) atoms. The number of nitrogens with one attached hydrogen (secondary N) is 2. The SMILES string of the molecule is CC(C)C[C@H](NC(=O)C1=CC2=CC=CCC2S1)C(=O)NCCCN(C)[S+](=O)(O)c1ccc(F)cc1Cl. The van der Waals surface area contributed by atoms with Crippen LogP contribution >= 0.6 is 23.4 Å². The fraction of sp³-hybridized carbons (Fsp3) is 0.440. The first-order chi connectivity index (χ1) is 17.0. The summed E-state index contributed by atoms with van der Waals surface area (Å²) in [6.07, 6.45) is 9.69. The number of benzene rings is 1. The minimum atomic E-state index is -3.66. The van der Waals surface area contributed by atoms with Crippen molar-refractivity contribution in [2.45, 2.75) is 49.3 Å². The number of carbonyl (C=O) groups is 2. The van der Waals surface area contributed by atoms with Crippen molar-refractivity contribution >= 4 is 45.6 Å². The van der Waals surface area contributed by atoms with Crippen LogP contribution in [0.1, 0.15) is 33.1 Å². The van der Waals surface area contributed by atoms with E-state index < -0.39 is 22.3 Å². The summed E-state index contributed by atoms with van der Waals surface area (Å²) in [5, 5.41) is 5.82. The lowest BCUT2D eigenvalue weighted by Crippen LogP contribution is -2.48. The molecule has 3 atom stereocenters. The third-order valence-corrected chi connectivity index (χ3v) is 9.51. The smallest absolute Gasteiger partial charge is 0.326 e. The van der Waals surface area contributed by atoms with Crippen LogP contribution in [0.15, 0.2) is 57.9 Å². The van der Waals surface area contributed by atoms with Crippen LogP contribution in [0, 0.1) is 11.7 Å². The largest absolute Gasteiger partial charge is 0.354 e. The van der Waals surface area contributed by atoms with Crippen molar-refractivity contribution in [1.29, 1.82) is 0 Å². The van der Waals surface area contributed by atoms with Crippen LogP contribution in [0.2, 0.25) is 5.02 Å². The lowest BCUT2D eigenvalue weighted by atomic mass is 10.0. The van der Waals surface area contributed by atoms with Crippen molar-refractivity contribution in [2.24, 2.45) is 5.92 Å². The van der Waals surface area contributed by atoms with Gasteiger partial charge in [-0.25, -0.2) is 4.39 Å². The highest BCUT2D eigenvalue weighted by Crippen LogP contribution is 2.40. The van der Waals surface area contributed by atoms with E-state index in [0.717, 1.165) is 24.1 Å². The third kappa shape index (κ3) is 7.29. The molecule has 3 rings (SSSR count). The van der Waals surface area contributed by atoms with Crippen LogP contribution in [0.4, 0.5) is 4.39 Å². The Kier molecular flexibility index (Phi) is 9.94. The number of fused-ring (bicyclic) bond motifs is 1. The summed E-state index contributed by atoms with van der Waals surface area (Å²) in [6.45, 7) is 4.39. The van der Waals surface area contributed by atoms with Crippen molar-refractivity contribution in [3.8, 4) is 0 Å². The van der Waals surface area contributed by atoms with Gasteiger partial charge in [-0.05, 0) is 53.2 Å². The van der Waals surface area contributed by atoms with E-state index in [4.69, 9.17) is 11.6 Å². The molecule has 0 fully saturated rings. The maximum Gasteiger partial charge on any atom is 0.326 e. The number of halogens is 2. The molecular weight excluding hydrogens is 525 g/mol. The topological polar surface area (TPSA) is 98.7 Å². The Bertz CT molecular complexity index is 1140. The fourth-order valence-corrected chi connectivity index (χ4v) is 6.80. The molecule has 0 saturated heterocycles. The first kappa shape index (κ1) is 28.6. The molecule has 2 amide bonds. The summed E-state index contributed by atoms with van der Waals surface area (Å²) in [6, 6.07) is 2.58. The van der Waals surface area contributed by atoms with E-state index >= 15 is 0 Å². The van der Waals surface area contributed by atoms with Gasteiger partial charge in [-0.15, -0.1) is 11.8 Å². The Morgan fingerprint density at radius 2 is 2.11 bits per heavy atom. The van der Waals surface area contributed by atoms with Gasteiger partial charge in [0.2, 0.25) is 10.8 Å². The molecule has 11 heteroatoms. The number of hydrogen-bond acceptors (Lipinski definition) is 4. The molecular formula is C25H32ClFN3O4S2+. The van der Waals surface area contributed by atoms with Crippen molar-refractivity contribution in [1.82, 2.24) is 14.9 Å². The fourth-order valence-electron chi connectivity index (χ4n) is 3.89. The normalized spacial score (nSPS) is 19.4. The van der Waals surface area contributed by atoms with Gasteiger partial charge >= 0.3 is 10.4 Å². The van der Waals surface area contributed by atoms with Gasteiger partial charge in [0.25, 0.3) is 5.91 Å². The minimum Gasteiger partial charge on any atom is -0.354 e. The molecule has 0 aromatic heterocycles. The van der Waals surface area contributed by atoms with Crippen LogP contribution in [0.3, 0.4) is 0 Å². The molecule has 1 aromatic rings. The number of allylic oxidation sites excluding steroid dienone is 4. The van der Waals surface area contributed by atoms with Crippen molar-refractivity contribution in [2.75, 3.05) is 20.1 Å². The van der Waals surface area contributed by atoms with Gasteiger partial charge in [-0.3, -0.25) is 9.59 Å². The van der Waals surface area contributed by atoms with E-state index in [1.54, 1.807) is 0 Å². The Balaban J connectivity index is 1.52. The van der Waals surface area contributed by atoms with Gasteiger partial charge in [-0.1, -0.05) is 48.0 Å². The van der Waals surface area contributed by atoms with Crippen molar-refractivity contribution < 1.29 is 22.7 Å². The first-order valence-electron chi connectivity index (χ1n) is 11.8. The molecule has 7 nitrogen and oxygen atoms in total. The lowest BCUT2D eigenvalue weighted by Gasteiger charge is -2.21. The number of rotatable bonds is 11. The summed E-state index contributed by atoms with van der Waals surface area (Å²) < 4.78 is 37.9. The maximum absolute atomic E-state index is 13.3. The predicted molar refractivity (Wildman–Crippen MR) is 143 cm³/mol. The highest BCUT2D eigenvalue weighted by atomic mass is 35.5. The Morgan fingerprint density at radius 1 is 1.36 bits per heavy atom. The second kappa shape index (κ2) is 12.5. The third-order valence-electron chi connectivity index (χ3n) is 5.82. The quantitative estimate of drug-likeness (QED) is 0.274. The summed E-state index contributed by atoms with van der Waals surface area (Å²) in [7, 11) is -2.20. The molecule has 0 radical (unpaired) electrons. The molecule has 3 N–H and O–H groups in total. The van der Waals surface area contributed by atoms with Gasteiger partial charge in [0.15, 0.2) is 0 Å². The van der Waals surface area contributed by atoms with Gasteiger partial charge in [0.05, 0.1) is 4.91 Å². The summed E-state index contributed by atoms with van der Waals surface area (Å²) >= 11 is 7.47. The number of nitrogens with zero attached hydrogens (tertiary/aromatic N) is 1. The van der Waals surface area contributed by atoms with Crippen LogP contribution in [-0.2, 0) is 24.2 Å². The molecule has 2 unspecified atom stereocenters. The van der Waals surface area contributed by atoms with E-state index in [-0.39, 0.29) is 46.0 Å². The lowest BCUT2D eigenvalue weighted by molar-refractivity contribution is -0.127. The number of carbonyl (C=O) groups excluding carboxylic acids is 2. The van der Waals surface area contributed by atoms with E-state index in [2.05, 4.69) is 16.7 Å². The average molecular weight is 557 g/mol. The number of hydrogen-bond donors (Lipinski definition) is 3. The maximum atomic E-state index is 13.3. The standard InChI is InChI=1S/C25H31ClFN3O4S2/c1-16(2)13-20(29-25(32)22-14-17-7-4-5-8-21(17)35-22)24(31)28-11-6-12-30(3)36(33,34)23-10-9-18(27)15-19(23)26/h4-5,7,9-10,14-16,20-21H,6,8,11-13H2,1-3H3,(H2-,28,29,31,32,33,34)/p+1/t20-,21?/m0/s1. The Labute approximate surface area is 222 Å². The molecule has 1 aromatic carbocycles. The van der Waals surface area contributed by atoms with E-state index in [1.165, 1.54) is 29.2 Å². The van der Waals surface area contributed by atoms with Crippen molar-refractivity contribution in [3.63, 3.8) is 0 Å². The Hall–Kier alpha value is -1.98. The van der Waals surface area contributed by atoms with Gasteiger partial charge in [-0.2, -0.15) is 4.55 Å². The zero-order valence-corrected chi connectivity index (χ0v) is 22.9. The highest BCUT2D eigenvalue weighted by molar-refractivity contribution is 8.05. The zero-order valence-electron chi connectivity index (χ0n) is 20.5. The molecule has 1 aliphatic carbocycles. The molecule has 1 heterocycles.